The van der Waals surface area contributed by atoms with E-state index < -0.39 is 6.10 Å². The molecule has 0 spiro atoms. The normalized spacial score (nSPS) is 12.2. The van der Waals surface area contributed by atoms with Gasteiger partial charge in [0.25, 0.3) is 0 Å². The SMILES string of the molecule is COc1ccccc1CNCCC(O)c1ccc(C)cc1C. The highest BCUT2D eigenvalue weighted by Gasteiger charge is 2.10. The van der Waals surface area contributed by atoms with Gasteiger partial charge in [0.15, 0.2) is 0 Å². The minimum atomic E-state index is -0.425. The molecule has 0 saturated carbocycles. The van der Waals surface area contributed by atoms with Gasteiger partial charge >= 0.3 is 0 Å². The molecule has 3 heteroatoms. The van der Waals surface area contributed by atoms with E-state index >= 15 is 0 Å². The molecule has 0 aliphatic carbocycles. The van der Waals surface area contributed by atoms with Crippen LogP contribution < -0.4 is 10.1 Å². The maximum Gasteiger partial charge on any atom is 0.123 e. The zero-order valence-corrected chi connectivity index (χ0v) is 13.6. The molecule has 2 rings (SSSR count). The fraction of sp³-hybridized carbons (Fsp3) is 0.368. The Morgan fingerprint density at radius 3 is 2.64 bits per heavy atom. The van der Waals surface area contributed by atoms with E-state index in [1.54, 1.807) is 7.11 Å². The molecule has 1 unspecified atom stereocenters. The van der Waals surface area contributed by atoms with E-state index in [4.69, 9.17) is 4.74 Å². The first kappa shape index (κ1) is 16.5. The number of ether oxygens (including phenoxy) is 1. The molecule has 0 fully saturated rings. The first-order valence-electron chi connectivity index (χ1n) is 7.69. The van der Waals surface area contributed by atoms with Crippen molar-refractivity contribution in [2.75, 3.05) is 13.7 Å². The summed E-state index contributed by atoms with van der Waals surface area (Å²) in [5, 5.41) is 13.7. The molecule has 0 aromatic heterocycles. The van der Waals surface area contributed by atoms with Crippen LogP contribution in [-0.4, -0.2) is 18.8 Å². The van der Waals surface area contributed by atoms with Crippen LogP contribution in [0, 0.1) is 13.8 Å². The molecule has 0 amide bonds. The third kappa shape index (κ3) is 4.33. The number of aliphatic hydroxyl groups is 1. The van der Waals surface area contributed by atoms with Crippen molar-refractivity contribution >= 4 is 0 Å². The largest absolute Gasteiger partial charge is 0.496 e. The molecule has 2 aromatic rings. The molecule has 0 radical (unpaired) electrons. The summed E-state index contributed by atoms with van der Waals surface area (Å²) in [4.78, 5) is 0. The zero-order valence-electron chi connectivity index (χ0n) is 13.6. The summed E-state index contributed by atoms with van der Waals surface area (Å²) in [7, 11) is 1.68. The third-order valence-corrected chi connectivity index (χ3v) is 3.89. The smallest absolute Gasteiger partial charge is 0.123 e. The molecular formula is C19H25NO2. The minimum Gasteiger partial charge on any atom is -0.496 e. The van der Waals surface area contributed by atoms with Gasteiger partial charge in [-0.15, -0.1) is 0 Å². The van der Waals surface area contributed by atoms with Crippen LogP contribution in [0.25, 0.3) is 0 Å². The molecule has 0 bridgehead atoms. The minimum absolute atomic E-state index is 0.425. The Balaban J connectivity index is 1.83. The van der Waals surface area contributed by atoms with E-state index in [0.717, 1.165) is 35.5 Å². The summed E-state index contributed by atoms with van der Waals surface area (Å²) in [6.07, 6.45) is 0.268. The van der Waals surface area contributed by atoms with E-state index in [0.29, 0.717) is 6.42 Å². The average Bonchev–Trinajstić information content (AvgIpc) is 2.51. The van der Waals surface area contributed by atoms with Gasteiger partial charge in [0, 0.05) is 12.1 Å². The van der Waals surface area contributed by atoms with Crippen molar-refractivity contribution in [3.05, 3.63) is 64.7 Å². The Bertz CT molecular complexity index is 610. The number of aryl methyl sites for hydroxylation is 2. The van der Waals surface area contributed by atoms with Gasteiger partial charge in [0.2, 0.25) is 0 Å². The number of benzene rings is 2. The van der Waals surface area contributed by atoms with Crippen molar-refractivity contribution in [3.8, 4) is 5.75 Å². The quantitative estimate of drug-likeness (QED) is 0.769. The van der Waals surface area contributed by atoms with Crippen molar-refractivity contribution < 1.29 is 9.84 Å². The summed E-state index contributed by atoms with van der Waals surface area (Å²) in [5.74, 6) is 0.893. The number of aliphatic hydroxyl groups excluding tert-OH is 1. The van der Waals surface area contributed by atoms with Gasteiger partial charge in [-0.3, -0.25) is 0 Å². The number of hydrogen-bond acceptors (Lipinski definition) is 3. The molecule has 0 aliphatic heterocycles. The van der Waals surface area contributed by atoms with Crippen molar-refractivity contribution in [1.29, 1.82) is 0 Å². The van der Waals surface area contributed by atoms with Crippen molar-refractivity contribution in [1.82, 2.24) is 5.32 Å². The second-order valence-corrected chi connectivity index (χ2v) is 5.65. The summed E-state index contributed by atoms with van der Waals surface area (Å²) < 4.78 is 5.33. The second-order valence-electron chi connectivity index (χ2n) is 5.65. The van der Waals surface area contributed by atoms with E-state index in [-0.39, 0.29) is 0 Å². The topological polar surface area (TPSA) is 41.5 Å². The number of para-hydroxylation sites is 1. The summed E-state index contributed by atoms with van der Waals surface area (Å²) >= 11 is 0. The zero-order chi connectivity index (χ0) is 15.9. The number of rotatable bonds is 7. The standard InChI is InChI=1S/C19H25NO2/c1-14-8-9-17(15(2)12-14)18(21)10-11-20-13-16-6-4-5-7-19(16)22-3/h4-9,12,18,20-21H,10-11,13H2,1-3H3. The van der Waals surface area contributed by atoms with Gasteiger partial charge in [-0.2, -0.15) is 0 Å². The molecule has 0 heterocycles. The predicted molar refractivity (Wildman–Crippen MR) is 90.2 cm³/mol. The number of methoxy groups -OCH3 is 1. The van der Waals surface area contributed by atoms with Crippen LogP contribution in [0.2, 0.25) is 0 Å². The summed E-state index contributed by atoms with van der Waals surface area (Å²) in [6, 6.07) is 14.2. The highest BCUT2D eigenvalue weighted by Crippen LogP contribution is 2.21. The Morgan fingerprint density at radius 2 is 1.91 bits per heavy atom. The van der Waals surface area contributed by atoms with Crippen molar-refractivity contribution in [2.45, 2.75) is 32.9 Å². The number of hydrogen-bond donors (Lipinski definition) is 2. The molecule has 1 atom stereocenters. The highest BCUT2D eigenvalue weighted by atomic mass is 16.5. The van der Waals surface area contributed by atoms with Crippen LogP contribution in [0.3, 0.4) is 0 Å². The van der Waals surface area contributed by atoms with E-state index in [9.17, 15) is 5.11 Å². The third-order valence-electron chi connectivity index (χ3n) is 3.89. The van der Waals surface area contributed by atoms with E-state index in [1.165, 1.54) is 5.56 Å². The lowest BCUT2D eigenvalue weighted by Crippen LogP contribution is -2.18. The van der Waals surface area contributed by atoms with E-state index in [2.05, 4.69) is 18.3 Å². The predicted octanol–water partition coefficient (Wildman–Crippen LogP) is 3.53. The molecule has 118 valence electrons. The first-order valence-corrected chi connectivity index (χ1v) is 7.69. The van der Waals surface area contributed by atoms with Gasteiger partial charge in [-0.1, -0.05) is 42.0 Å². The Hall–Kier alpha value is -1.84. The van der Waals surface area contributed by atoms with Gasteiger partial charge in [-0.25, -0.2) is 0 Å². The summed E-state index contributed by atoms with van der Waals surface area (Å²) in [5.41, 5.74) is 4.52. The second kappa shape index (κ2) is 7.97. The van der Waals surface area contributed by atoms with Gasteiger partial charge < -0.3 is 15.2 Å². The molecule has 3 nitrogen and oxygen atoms in total. The maximum absolute atomic E-state index is 10.3. The lowest BCUT2D eigenvalue weighted by atomic mass is 9.99. The first-order chi connectivity index (χ1) is 10.6. The fourth-order valence-electron chi connectivity index (χ4n) is 2.67. The highest BCUT2D eigenvalue weighted by molar-refractivity contribution is 5.33. The van der Waals surface area contributed by atoms with Crippen LogP contribution >= 0.6 is 0 Å². The molecular weight excluding hydrogens is 274 g/mol. The van der Waals surface area contributed by atoms with Gasteiger partial charge in [-0.05, 0) is 44.0 Å². The monoisotopic (exact) mass is 299 g/mol. The van der Waals surface area contributed by atoms with Crippen molar-refractivity contribution in [2.24, 2.45) is 0 Å². The average molecular weight is 299 g/mol. The molecule has 0 saturated heterocycles. The molecule has 2 aromatic carbocycles. The van der Waals surface area contributed by atoms with Crippen LogP contribution in [-0.2, 0) is 6.54 Å². The molecule has 0 aliphatic rings. The number of nitrogens with one attached hydrogen (secondary N) is 1. The summed E-state index contributed by atoms with van der Waals surface area (Å²) in [6.45, 7) is 5.61. The van der Waals surface area contributed by atoms with Gasteiger partial charge in [0.05, 0.1) is 13.2 Å². The van der Waals surface area contributed by atoms with Crippen LogP contribution in [0.15, 0.2) is 42.5 Å². The van der Waals surface area contributed by atoms with Crippen LogP contribution in [0.1, 0.15) is 34.8 Å². The van der Waals surface area contributed by atoms with Crippen LogP contribution in [0.5, 0.6) is 5.75 Å². The Labute approximate surface area is 133 Å². The van der Waals surface area contributed by atoms with Crippen LogP contribution in [0.4, 0.5) is 0 Å². The molecule has 2 N–H and O–H groups in total. The Kier molecular flexibility index (Phi) is 5.99. The Morgan fingerprint density at radius 1 is 1.14 bits per heavy atom. The lowest BCUT2D eigenvalue weighted by Gasteiger charge is -2.15. The maximum atomic E-state index is 10.3. The lowest BCUT2D eigenvalue weighted by molar-refractivity contribution is 0.166. The van der Waals surface area contributed by atoms with Gasteiger partial charge in [0.1, 0.15) is 5.75 Å². The fourth-order valence-corrected chi connectivity index (χ4v) is 2.67. The molecule has 22 heavy (non-hydrogen) atoms. The van der Waals surface area contributed by atoms with E-state index in [1.807, 2.05) is 43.3 Å². The van der Waals surface area contributed by atoms with Crippen molar-refractivity contribution in [3.63, 3.8) is 0 Å².